The molecule has 0 aliphatic rings. The number of aryl methyl sites for hydroxylation is 1. The van der Waals surface area contributed by atoms with Gasteiger partial charge in [0.05, 0.1) is 0 Å². The molecule has 0 bridgehead atoms. The summed E-state index contributed by atoms with van der Waals surface area (Å²) < 4.78 is 0. The Kier molecular flexibility index (Phi) is 2.41. The number of carbonyl (C=O) groups excluding carboxylic acids is 1. The van der Waals surface area contributed by atoms with Gasteiger partial charge in [-0.15, -0.1) is 0 Å². The fourth-order valence-electron chi connectivity index (χ4n) is 2.73. The van der Waals surface area contributed by atoms with Crippen LogP contribution in [0.1, 0.15) is 22.8 Å². The van der Waals surface area contributed by atoms with Gasteiger partial charge in [-0.3, -0.25) is 4.79 Å². The highest BCUT2D eigenvalue weighted by molar-refractivity contribution is 6.19. The summed E-state index contributed by atoms with van der Waals surface area (Å²) in [4.78, 5) is 12.0. The Balaban J connectivity index is 2.67. The van der Waals surface area contributed by atoms with Gasteiger partial charge >= 0.3 is 0 Å². The van der Waals surface area contributed by atoms with Crippen LogP contribution in [0.2, 0.25) is 0 Å². The Labute approximate surface area is 106 Å². The Morgan fingerprint density at radius 1 is 0.778 bits per heavy atom. The standard InChI is InChI=1S/C17H14O/c1-11-13-7-3-5-9-15(13)17(12(2)18)16-10-6-4-8-14(11)16/h3-10H,1-2H3. The van der Waals surface area contributed by atoms with Crippen molar-refractivity contribution in [2.75, 3.05) is 0 Å². The van der Waals surface area contributed by atoms with E-state index < -0.39 is 0 Å². The maximum Gasteiger partial charge on any atom is 0.161 e. The maximum absolute atomic E-state index is 12.0. The summed E-state index contributed by atoms with van der Waals surface area (Å²) >= 11 is 0. The second-order valence-electron chi connectivity index (χ2n) is 4.65. The van der Waals surface area contributed by atoms with Crippen LogP contribution < -0.4 is 0 Å². The zero-order valence-electron chi connectivity index (χ0n) is 10.5. The van der Waals surface area contributed by atoms with E-state index in [0.717, 1.165) is 16.3 Å². The van der Waals surface area contributed by atoms with Gasteiger partial charge in [-0.05, 0) is 41.0 Å². The van der Waals surface area contributed by atoms with Crippen LogP contribution in [-0.4, -0.2) is 5.78 Å². The molecule has 0 spiro atoms. The van der Waals surface area contributed by atoms with Crippen LogP contribution in [0.15, 0.2) is 48.5 Å². The molecule has 0 aliphatic heterocycles. The SMILES string of the molecule is CC(=O)c1c2ccccc2c(C)c2ccccc12. The molecule has 0 heterocycles. The molecule has 3 aromatic rings. The van der Waals surface area contributed by atoms with E-state index in [1.165, 1.54) is 16.3 Å². The molecular weight excluding hydrogens is 220 g/mol. The van der Waals surface area contributed by atoms with E-state index in [2.05, 4.69) is 19.1 Å². The van der Waals surface area contributed by atoms with Crippen LogP contribution in [0.4, 0.5) is 0 Å². The summed E-state index contributed by atoms with van der Waals surface area (Å²) in [5.41, 5.74) is 2.08. The zero-order valence-corrected chi connectivity index (χ0v) is 10.5. The lowest BCUT2D eigenvalue weighted by Crippen LogP contribution is -1.97. The Hall–Kier alpha value is -2.15. The van der Waals surface area contributed by atoms with Gasteiger partial charge < -0.3 is 0 Å². The van der Waals surface area contributed by atoms with Crippen molar-refractivity contribution in [1.82, 2.24) is 0 Å². The van der Waals surface area contributed by atoms with E-state index in [4.69, 9.17) is 0 Å². The number of rotatable bonds is 1. The minimum atomic E-state index is 0.127. The van der Waals surface area contributed by atoms with Crippen molar-refractivity contribution in [3.63, 3.8) is 0 Å². The summed E-state index contributed by atoms with van der Waals surface area (Å²) in [5.74, 6) is 0.127. The summed E-state index contributed by atoms with van der Waals surface area (Å²) in [7, 11) is 0. The van der Waals surface area contributed by atoms with Crippen LogP contribution >= 0.6 is 0 Å². The van der Waals surface area contributed by atoms with Crippen molar-refractivity contribution in [1.29, 1.82) is 0 Å². The van der Waals surface area contributed by atoms with Crippen molar-refractivity contribution in [2.24, 2.45) is 0 Å². The van der Waals surface area contributed by atoms with Gasteiger partial charge in [0.1, 0.15) is 0 Å². The predicted molar refractivity (Wildman–Crippen MR) is 76.2 cm³/mol. The van der Waals surface area contributed by atoms with Gasteiger partial charge in [0, 0.05) is 5.56 Å². The molecule has 0 fully saturated rings. The molecule has 1 nitrogen and oxygen atoms in total. The molecule has 88 valence electrons. The van der Waals surface area contributed by atoms with E-state index in [-0.39, 0.29) is 5.78 Å². The van der Waals surface area contributed by atoms with E-state index in [1.54, 1.807) is 6.92 Å². The van der Waals surface area contributed by atoms with E-state index in [1.807, 2.05) is 36.4 Å². The molecule has 0 aliphatic carbocycles. The largest absolute Gasteiger partial charge is 0.294 e. The quantitative estimate of drug-likeness (QED) is 0.447. The first-order valence-electron chi connectivity index (χ1n) is 6.11. The Morgan fingerprint density at radius 3 is 1.56 bits per heavy atom. The molecule has 0 saturated carbocycles. The van der Waals surface area contributed by atoms with Crippen LogP contribution in [0.3, 0.4) is 0 Å². The molecule has 0 aromatic heterocycles. The second-order valence-corrected chi connectivity index (χ2v) is 4.65. The normalized spacial score (nSPS) is 11.0. The fourth-order valence-corrected chi connectivity index (χ4v) is 2.73. The third kappa shape index (κ3) is 1.44. The first kappa shape index (κ1) is 11.0. The number of Topliss-reactive ketones (excluding diaryl/α,β-unsaturated/α-hetero) is 1. The molecular formula is C17H14O. The molecule has 0 saturated heterocycles. The third-order valence-electron chi connectivity index (χ3n) is 3.55. The van der Waals surface area contributed by atoms with Gasteiger partial charge in [-0.1, -0.05) is 48.5 Å². The number of hydrogen-bond donors (Lipinski definition) is 0. The highest BCUT2D eigenvalue weighted by Gasteiger charge is 2.13. The van der Waals surface area contributed by atoms with Gasteiger partial charge in [-0.2, -0.15) is 0 Å². The molecule has 0 N–H and O–H groups in total. The van der Waals surface area contributed by atoms with E-state index in [9.17, 15) is 4.79 Å². The minimum absolute atomic E-state index is 0.127. The molecule has 1 heteroatoms. The number of benzene rings is 3. The monoisotopic (exact) mass is 234 g/mol. The molecule has 0 radical (unpaired) electrons. The number of fused-ring (bicyclic) bond motifs is 2. The highest BCUT2D eigenvalue weighted by Crippen LogP contribution is 2.32. The molecule has 0 amide bonds. The first-order valence-corrected chi connectivity index (χ1v) is 6.11. The van der Waals surface area contributed by atoms with E-state index in [0.29, 0.717) is 0 Å². The van der Waals surface area contributed by atoms with Gasteiger partial charge in [0.15, 0.2) is 5.78 Å². The fraction of sp³-hybridized carbons (Fsp3) is 0.118. The van der Waals surface area contributed by atoms with Crippen molar-refractivity contribution in [2.45, 2.75) is 13.8 Å². The predicted octanol–water partition coefficient (Wildman–Crippen LogP) is 4.50. The number of ketones is 1. The van der Waals surface area contributed by atoms with Crippen molar-refractivity contribution in [3.8, 4) is 0 Å². The van der Waals surface area contributed by atoms with Gasteiger partial charge in [0.25, 0.3) is 0 Å². The average molecular weight is 234 g/mol. The van der Waals surface area contributed by atoms with E-state index >= 15 is 0 Å². The van der Waals surface area contributed by atoms with Gasteiger partial charge in [-0.25, -0.2) is 0 Å². The van der Waals surface area contributed by atoms with Crippen LogP contribution in [0.25, 0.3) is 21.5 Å². The number of carbonyl (C=O) groups is 1. The molecule has 3 rings (SSSR count). The minimum Gasteiger partial charge on any atom is -0.294 e. The summed E-state index contributed by atoms with van der Waals surface area (Å²) in [5, 5.41) is 4.45. The zero-order chi connectivity index (χ0) is 12.7. The van der Waals surface area contributed by atoms with Crippen LogP contribution in [0.5, 0.6) is 0 Å². The summed E-state index contributed by atoms with van der Waals surface area (Å²) in [6, 6.07) is 16.3. The lowest BCUT2D eigenvalue weighted by Gasteiger charge is -2.12. The summed E-state index contributed by atoms with van der Waals surface area (Å²) in [6.07, 6.45) is 0. The summed E-state index contributed by atoms with van der Waals surface area (Å²) in [6.45, 7) is 3.76. The van der Waals surface area contributed by atoms with Crippen molar-refractivity contribution < 1.29 is 4.79 Å². The lowest BCUT2D eigenvalue weighted by molar-refractivity contribution is 0.102. The Morgan fingerprint density at radius 2 is 1.17 bits per heavy atom. The van der Waals surface area contributed by atoms with Crippen molar-refractivity contribution in [3.05, 3.63) is 59.7 Å². The van der Waals surface area contributed by atoms with Crippen LogP contribution in [-0.2, 0) is 0 Å². The van der Waals surface area contributed by atoms with Gasteiger partial charge in [0.2, 0.25) is 0 Å². The molecule has 3 aromatic carbocycles. The topological polar surface area (TPSA) is 17.1 Å². The highest BCUT2D eigenvalue weighted by atomic mass is 16.1. The Bertz CT molecular complexity index is 712. The second kappa shape index (κ2) is 3.95. The smallest absolute Gasteiger partial charge is 0.161 e. The maximum atomic E-state index is 12.0. The molecule has 0 unspecified atom stereocenters. The number of hydrogen-bond acceptors (Lipinski definition) is 1. The first-order chi connectivity index (χ1) is 8.70. The molecule has 0 atom stereocenters. The lowest BCUT2D eigenvalue weighted by atomic mass is 9.91. The van der Waals surface area contributed by atoms with Crippen LogP contribution in [0, 0.1) is 6.92 Å². The van der Waals surface area contributed by atoms with Crippen molar-refractivity contribution >= 4 is 27.3 Å². The molecule has 18 heavy (non-hydrogen) atoms. The average Bonchev–Trinajstić information content (AvgIpc) is 2.39. The third-order valence-corrected chi connectivity index (χ3v) is 3.55.